The van der Waals surface area contributed by atoms with Gasteiger partial charge < -0.3 is 9.47 Å². The molecule has 1 heterocycles. The summed E-state index contributed by atoms with van der Waals surface area (Å²) in [6.45, 7) is 4.53. The molecule has 0 fully saturated rings. The van der Waals surface area contributed by atoms with E-state index in [-0.39, 0.29) is 10.9 Å². The fourth-order valence-corrected chi connectivity index (χ4v) is 3.04. The highest BCUT2D eigenvalue weighted by Gasteiger charge is 2.49. The van der Waals surface area contributed by atoms with Crippen LogP contribution < -0.4 is 4.74 Å². The molecule has 2 rings (SSSR count). The summed E-state index contributed by atoms with van der Waals surface area (Å²) >= 11 is 0. The molecule has 0 amide bonds. The molecule has 138 valence electrons. The van der Waals surface area contributed by atoms with Crippen LogP contribution in [0, 0.1) is 0 Å². The van der Waals surface area contributed by atoms with Gasteiger partial charge >= 0.3 is 11.6 Å². The number of methoxy groups -OCH3 is 1. The molecule has 10 heteroatoms. The summed E-state index contributed by atoms with van der Waals surface area (Å²) < 4.78 is 73.2. The van der Waals surface area contributed by atoms with E-state index < -0.39 is 32.1 Å². The van der Waals surface area contributed by atoms with Crippen LogP contribution in [0.25, 0.3) is 10.9 Å². The van der Waals surface area contributed by atoms with E-state index in [0.29, 0.717) is 10.3 Å². The third-order valence-corrected chi connectivity index (χ3v) is 4.59. The number of carbonyl (C=O) groups is 1. The Morgan fingerprint density at radius 3 is 2.20 bits per heavy atom. The number of ether oxygens (including phenoxy) is 2. The van der Waals surface area contributed by atoms with Gasteiger partial charge in [0.1, 0.15) is 11.4 Å². The van der Waals surface area contributed by atoms with Crippen molar-refractivity contribution in [2.45, 2.75) is 36.9 Å². The number of halogens is 3. The zero-order valence-corrected chi connectivity index (χ0v) is 14.7. The lowest BCUT2D eigenvalue weighted by molar-refractivity contribution is -0.0439. The summed E-state index contributed by atoms with van der Waals surface area (Å²) in [7, 11) is -4.42. The van der Waals surface area contributed by atoms with Gasteiger partial charge in [-0.2, -0.15) is 13.2 Å². The summed E-state index contributed by atoms with van der Waals surface area (Å²) in [5, 5.41) is -1.12. The highest BCUT2D eigenvalue weighted by Crippen LogP contribution is 2.35. The molecule has 0 atom stereocenters. The minimum Gasteiger partial charge on any atom is -0.497 e. The van der Waals surface area contributed by atoms with Crippen molar-refractivity contribution < 1.29 is 35.9 Å². The molecule has 1 aromatic heterocycles. The van der Waals surface area contributed by atoms with E-state index in [1.807, 2.05) is 0 Å². The molecule has 0 unspecified atom stereocenters. The van der Waals surface area contributed by atoms with Crippen molar-refractivity contribution in [2.24, 2.45) is 0 Å². The van der Waals surface area contributed by atoms with Crippen molar-refractivity contribution in [2.75, 3.05) is 7.11 Å². The number of hydrogen-bond donors (Lipinski definition) is 0. The fraction of sp³-hybridized carbons (Fsp3) is 0.400. The SMILES string of the molecule is COc1ccc2c(c1)cc(S(=O)(=O)C(F)(F)F)n2C(=O)OC(C)(C)C. The maximum Gasteiger partial charge on any atom is 0.503 e. The molecule has 0 saturated heterocycles. The Hall–Kier alpha value is -2.23. The number of aromatic nitrogens is 1. The van der Waals surface area contributed by atoms with Crippen LogP contribution in [0.2, 0.25) is 0 Å². The van der Waals surface area contributed by atoms with Crippen LogP contribution in [-0.2, 0) is 14.6 Å². The van der Waals surface area contributed by atoms with Crippen LogP contribution in [0.3, 0.4) is 0 Å². The highest BCUT2D eigenvalue weighted by atomic mass is 32.2. The predicted octanol–water partition coefficient (Wildman–Crippen LogP) is 3.73. The third-order valence-electron chi connectivity index (χ3n) is 3.13. The Balaban J connectivity index is 2.80. The van der Waals surface area contributed by atoms with E-state index in [2.05, 4.69) is 0 Å². The van der Waals surface area contributed by atoms with Gasteiger partial charge in [0.05, 0.1) is 12.6 Å². The van der Waals surface area contributed by atoms with E-state index >= 15 is 0 Å². The number of alkyl halides is 3. The summed E-state index contributed by atoms with van der Waals surface area (Å²) in [4.78, 5) is 12.4. The molecule has 0 spiro atoms. The number of sulfone groups is 1. The van der Waals surface area contributed by atoms with Crippen molar-refractivity contribution in [3.05, 3.63) is 24.3 Å². The lowest BCUT2D eigenvalue weighted by Crippen LogP contribution is -2.31. The number of rotatable bonds is 2. The maximum atomic E-state index is 13.0. The van der Waals surface area contributed by atoms with E-state index in [1.165, 1.54) is 46.1 Å². The van der Waals surface area contributed by atoms with Crippen LogP contribution in [0.4, 0.5) is 18.0 Å². The molecule has 0 aliphatic rings. The zero-order chi connectivity index (χ0) is 19.2. The Bertz CT molecular complexity index is 923. The monoisotopic (exact) mass is 379 g/mol. The average molecular weight is 379 g/mol. The molecule has 0 radical (unpaired) electrons. The minimum atomic E-state index is -5.77. The number of benzene rings is 1. The first-order valence-electron chi connectivity index (χ1n) is 7.02. The predicted molar refractivity (Wildman–Crippen MR) is 83.4 cm³/mol. The Kier molecular flexibility index (Phi) is 4.54. The molecule has 0 aliphatic heterocycles. The second-order valence-electron chi connectivity index (χ2n) is 6.17. The molecule has 6 nitrogen and oxygen atoms in total. The van der Waals surface area contributed by atoms with E-state index in [4.69, 9.17) is 9.47 Å². The molecule has 1 aromatic carbocycles. The number of hydrogen-bond acceptors (Lipinski definition) is 5. The van der Waals surface area contributed by atoms with Crippen LogP contribution in [0.15, 0.2) is 29.3 Å². The molecular weight excluding hydrogens is 363 g/mol. The first-order valence-corrected chi connectivity index (χ1v) is 8.50. The van der Waals surface area contributed by atoms with Gasteiger partial charge in [0.15, 0.2) is 5.03 Å². The third kappa shape index (κ3) is 3.58. The van der Waals surface area contributed by atoms with Crippen LogP contribution >= 0.6 is 0 Å². The van der Waals surface area contributed by atoms with Crippen LogP contribution in [0.5, 0.6) is 5.75 Å². The smallest absolute Gasteiger partial charge is 0.497 e. The Morgan fingerprint density at radius 1 is 1.12 bits per heavy atom. The summed E-state index contributed by atoms with van der Waals surface area (Å²) in [6.07, 6.45) is -1.23. The van der Waals surface area contributed by atoms with Gasteiger partial charge in [-0.25, -0.2) is 17.8 Å². The van der Waals surface area contributed by atoms with Crippen LogP contribution in [0.1, 0.15) is 20.8 Å². The average Bonchev–Trinajstić information content (AvgIpc) is 2.83. The summed E-state index contributed by atoms with van der Waals surface area (Å²) in [5.41, 5.74) is -6.64. The first-order chi connectivity index (χ1) is 11.3. The summed E-state index contributed by atoms with van der Waals surface area (Å²) in [5.74, 6) is 0.296. The first kappa shape index (κ1) is 19.1. The molecule has 2 aromatic rings. The second-order valence-corrected chi connectivity index (χ2v) is 8.06. The molecule has 0 saturated carbocycles. The Labute approximate surface area is 142 Å². The Morgan fingerprint density at radius 2 is 1.72 bits per heavy atom. The highest BCUT2D eigenvalue weighted by molar-refractivity contribution is 7.92. The topological polar surface area (TPSA) is 74.6 Å². The van der Waals surface area contributed by atoms with Gasteiger partial charge in [0.2, 0.25) is 0 Å². The lowest BCUT2D eigenvalue weighted by Gasteiger charge is -2.21. The van der Waals surface area contributed by atoms with Gasteiger partial charge in [-0.15, -0.1) is 0 Å². The summed E-state index contributed by atoms with van der Waals surface area (Å²) in [6, 6.07) is 4.77. The van der Waals surface area contributed by atoms with Gasteiger partial charge in [0.25, 0.3) is 9.84 Å². The van der Waals surface area contributed by atoms with Crippen molar-refractivity contribution in [1.82, 2.24) is 4.57 Å². The van der Waals surface area contributed by atoms with Gasteiger partial charge in [0, 0.05) is 5.39 Å². The quantitative estimate of drug-likeness (QED) is 0.795. The maximum absolute atomic E-state index is 13.0. The fourth-order valence-electron chi connectivity index (χ4n) is 2.11. The van der Waals surface area contributed by atoms with E-state index in [1.54, 1.807) is 0 Å². The van der Waals surface area contributed by atoms with Crippen molar-refractivity contribution in [3.63, 3.8) is 0 Å². The molecular formula is C15H16F3NO5S. The van der Waals surface area contributed by atoms with Gasteiger partial charge in [-0.1, -0.05) is 0 Å². The molecule has 0 aliphatic carbocycles. The number of nitrogens with zero attached hydrogens (tertiary/aromatic N) is 1. The van der Waals surface area contributed by atoms with Crippen molar-refractivity contribution >= 4 is 26.8 Å². The second kappa shape index (κ2) is 5.94. The van der Waals surface area contributed by atoms with Gasteiger partial charge in [-0.3, -0.25) is 0 Å². The van der Waals surface area contributed by atoms with Gasteiger partial charge in [-0.05, 0) is 45.0 Å². The normalized spacial score (nSPS) is 13.1. The molecule has 0 N–H and O–H groups in total. The van der Waals surface area contributed by atoms with Crippen LogP contribution in [-0.4, -0.2) is 37.3 Å². The largest absolute Gasteiger partial charge is 0.503 e. The number of fused-ring (bicyclic) bond motifs is 1. The minimum absolute atomic E-state index is 0.0436. The molecule has 0 bridgehead atoms. The van der Waals surface area contributed by atoms with Crippen molar-refractivity contribution in [3.8, 4) is 5.75 Å². The lowest BCUT2D eigenvalue weighted by atomic mass is 10.2. The van der Waals surface area contributed by atoms with E-state index in [0.717, 1.165) is 6.07 Å². The van der Waals surface area contributed by atoms with E-state index in [9.17, 15) is 26.4 Å². The molecule has 25 heavy (non-hydrogen) atoms. The standard InChI is InChI=1S/C15H16F3NO5S/c1-14(2,3)24-13(20)19-11-6-5-10(23-4)7-9(11)8-12(19)25(21,22)15(16,17)18/h5-8H,1-4H3. The number of carbonyl (C=O) groups excluding carboxylic acids is 1. The van der Waals surface area contributed by atoms with Crippen molar-refractivity contribution in [1.29, 1.82) is 0 Å². The zero-order valence-electron chi connectivity index (χ0n) is 13.8.